The van der Waals surface area contributed by atoms with E-state index in [4.69, 9.17) is 5.73 Å². The van der Waals surface area contributed by atoms with E-state index in [-0.39, 0.29) is 18.0 Å². The molecule has 0 bridgehead atoms. The minimum atomic E-state index is -0.224. The van der Waals surface area contributed by atoms with Crippen LogP contribution < -0.4 is 11.1 Å². The van der Waals surface area contributed by atoms with E-state index in [9.17, 15) is 5.11 Å². The van der Waals surface area contributed by atoms with Crippen molar-refractivity contribution in [2.24, 2.45) is 0 Å². The normalized spacial score (nSPS) is 19.2. The summed E-state index contributed by atoms with van der Waals surface area (Å²) in [5, 5.41) is 12.9. The molecule has 0 amide bonds. The van der Waals surface area contributed by atoms with Gasteiger partial charge in [-0.05, 0) is 31.4 Å². The molecule has 0 aliphatic heterocycles. The van der Waals surface area contributed by atoms with Gasteiger partial charge in [-0.2, -0.15) is 4.98 Å². The Bertz CT molecular complexity index is 916. The largest absolute Gasteiger partial charge is 0.393 e. The zero-order valence-corrected chi connectivity index (χ0v) is 14.6. The lowest BCUT2D eigenvalue weighted by Crippen LogP contribution is -2.27. The number of aromatic nitrogens is 4. The first-order valence-corrected chi connectivity index (χ1v) is 8.75. The van der Waals surface area contributed by atoms with Crippen molar-refractivity contribution in [3.05, 3.63) is 59.8 Å². The maximum Gasteiger partial charge on any atom is 0.222 e. The fraction of sp³-hybridized carbons (Fsp3) is 0.316. The third-order valence-electron chi connectivity index (χ3n) is 4.83. The van der Waals surface area contributed by atoms with Crippen molar-refractivity contribution in [3.63, 3.8) is 0 Å². The molecule has 4 N–H and O–H groups in total. The highest BCUT2D eigenvalue weighted by atomic mass is 16.3. The highest BCUT2D eigenvalue weighted by molar-refractivity contribution is 5.47. The summed E-state index contributed by atoms with van der Waals surface area (Å²) < 4.78 is 2.06. The Kier molecular flexibility index (Phi) is 4.30. The molecule has 7 nitrogen and oxygen atoms in total. The molecule has 4 rings (SSSR count). The minimum Gasteiger partial charge on any atom is -0.393 e. The number of nitrogen functional groups attached to an aromatic ring is 1. The van der Waals surface area contributed by atoms with Crippen molar-refractivity contribution in [1.82, 2.24) is 19.5 Å². The number of aliphatic hydroxyl groups excluding tert-OH is 1. The van der Waals surface area contributed by atoms with Gasteiger partial charge in [0.15, 0.2) is 0 Å². The first-order valence-electron chi connectivity index (χ1n) is 8.75. The Hall–Kier alpha value is -2.93. The first kappa shape index (κ1) is 16.5. The quantitative estimate of drug-likeness (QED) is 0.653. The molecule has 0 atom stereocenters. The van der Waals surface area contributed by atoms with E-state index in [1.165, 1.54) is 0 Å². The van der Waals surface area contributed by atoms with Gasteiger partial charge in [-0.15, -0.1) is 0 Å². The molecule has 0 unspecified atom stereocenters. The van der Waals surface area contributed by atoms with Crippen LogP contribution in [0.2, 0.25) is 0 Å². The second-order valence-electron chi connectivity index (χ2n) is 6.69. The second-order valence-corrected chi connectivity index (χ2v) is 6.69. The third kappa shape index (κ3) is 3.25. The zero-order chi connectivity index (χ0) is 18.1. The topological polar surface area (TPSA) is 102 Å². The first-order chi connectivity index (χ1) is 12.6. The molecule has 0 spiro atoms. The summed E-state index contributed by atoms with van der Waals surface area (Å²) in [5.74, 6) is 2.16. The van der Waals surface area contributed by atoms with E-state index in [2.05, 4.69) is 37.0 Å². The number of rotatable bonds is 5. The molecule has 3 aromatic rings. The maximum atomic E-state index is 9.52. The van der Waals surface area contributed by atoms with Crippen molar-refractivity contribution in [2.75, 3.05) is 11.1 Å². The molecule has 7 heteroatoms. The summed E-state index contributed by atoms with van der Waals surface area (Å²) in [5.41, 5.74) is 8.98. The molecular formula is C19H22N6O. The number of imidazole rings is 1. The number of para-hydroxylation sites is 1. The molecule has 2 aromatic heterocycles. The summed E-state index contributed by atoms with van der Waals surface area (Å²) in [6, 6.07) is 10.1. The monoisotopic (exact) mass is 350 g/mol. The number of hydrogen-bond donors (Lipinski definition) is 3. The number of benzene rings is 1. The van der Waals surface area contributed by atoms with Crippen LogP contribution in [0.1, 0.15) is 35.8 Å². The Morgan fingerprint density at radius 1 is 1.27 bits per heavy atom. The number of nitrogens with zero attached hydrogens (tertiary/aromatic N) is 4. The van der Waals surface area contributed by atoms with E-state index in [0.717, 1.165) is 35.6 Å². The number of aliphatic hydroxyl groups is 1. The summed E-state index contributed by atoms with van der Waals surface area (Å²) in [6.45, 7) is 2.59. The van der Waals surface area contributed by atoms with Gasteiger partial charge in [0.05, 0.1) is 17.5 Å². The highest BCUT2D eigenvalue weighted by Gasteiger charge is 2.30. The molecule has 134 valence electrons. The molecule has 1 aliphatic rings. The number of nitrogens with two attached hydrogens (primary N) is 1. The van der Waals surface area contributed by atoms with Crippen molar-refractivity contribution < 1.29 is 5.11 Å². The van der Waals surface area contributed by atoms with Crippen LogP contribution in [0.5, 0.6) is 0 Å². The van der Waals surface area contributed by atoms with E-state index < -0.39 is 0 Å². The van der Waals surface area contributed by atoms with Crippen molar-refractivity contribution in [3.8, 4) is 5.69 Å². The molecule has 26 heavy (non-hydrogen) atoms. The van der Waals surface area contributed by atoms with Crippen LogP contribution in [0.15, 0.2) is 42.7 Å². The third-order valence-corrected chi connectivity index (χ3v) is 4.83. The van der Waals surface area contributed by atoms with Gasteiger partial charge < -0.3 is 20.7 Å². The molecule has 0 saturated heterocycles. The van der Waals surface area contributed by atoms with E-state index in [0.29, 0.717) is 12.4 Å². The fourth-order valence-corrected chi connectivity index (χ4v) is 3.33. The number of anilines is 2. The van der Waals surface area contributed by atoms with Crippen LogP contribution in [0, 0.1) is 6.92 Å². The molecule has 1 aliphatic carbocycles. The Labute approximate surface area is 151 Å². The molecule has 1 aromatic carbocycles. The lowest BCUT2D eigenvalue weighted by molar-refractivity contribution is 0.0732. The maximum absolute atomic E-state index is 9.52. The Morgan fingerprint density at radius 3 is 2.81 bits per heavy atom. The van der Waals surface area contributed by atoms with Crippen molar-refractivity contribution >= 4 is 11.8 Å². The van der Waals surface area contributed by atoms with Gasteiger partial charge in [0.25, 0.3) is 0 Å². The average molecular weight is 350 g/mol. The lowest BCUT2D eigenvalue weighted by Gasteiger charge is -2.31. The van der Waals surface area contributed by atoms with Crippen molar-refractivity contribution in [1.29, 1.82) is 0 Å². The number of nitrogens with one attached hydrogen (secondary N) is 1. The van der Waals surface area contributed by atoms with Crippen LogP contribution in [-0.2, 0) is 6.54 Å². The highest BCUT2D eigenvalue weighted by Crippen LogP contribution is 2.36. The molecule has 0 radical (unpaired) electrons. The molecule has 2 heterocycles. The van der Waals surface area contributed by atoms with Gasteiger partial charge in [0.1, 0.15) is 11.6 Å². The van der Waals surface area contributed by atoms with E-state index >= 15 is 0 Å². The minimum absolute atomic E-state index is 0.224. The standard InChI is InChI=1S/C19H22N6O/c1-12-21-6-7-25(12)17-5-3-2-4-13(17)11-22-18-10-16(23-19(20)24-18)14-8-15(26)9-14/h2-7,10,14-15,26H,8-9,11H2,1H3,(H3,20,22,23,24). The lowest BCUT2D eigenvalue weighted by atomic mass is 9.80. The van der Waals surface area contributed by atoms with Crippen LogP contribution in [0.25, 0.3) is 5.69 Å². The zero-order valence-electron chi connectivity index (χ0n) is 14.6. The summed E-state index contributed by atoms with van der Waals surface area (Å²) in [6.07, 6.45) is 5.00. The fourth-order valence-electron chi connectivity index (χ4n) is 3.33. The predicted molar refractivity (Wildman–Crippen MR) is 100 cm³/mol. The van der Waals surface area contributed by atoms with Crippen molar-refractivity contribution in [2.45, 2.75) is 38.3 Å². The van der Waals surface area contributed by atoms with Gasteiger partial charge in [-0.1, -0.05) is 18.2 Å². The van der Waals surface area contributed by atoms with Gasteiger partial charge in [0, 0.05) is 30.9 Å². The summed E-state index contributed by atoms with van der Waals surface area (Å²) in [4.78, 5) is 12.9. The number of aryl methyl sites for hydroxylation is 1. The molecule has 1 saturated carbocycles. The van der Waals surface area contributed by atoms with Crippen LogP contribution in [0.4, 0.5) is 11.8 Å². The smallest absolute Gasteiger partial charge is 0.222 e. The SMILES string of the molecule is Cc1nccn1-c1ccccc1CNc1cc(C2CC(O)C2)nc(N)n1. The summed E-state index contributed by atoms with van der Waals surface area (Å²) in [7, 11) is 0. The average Bonchev–Trinajstić information content (AvgIpc) is 3.03. The van der Waals surface area contributed by atoms with Gasteiger partial charge in [-0.3, -0.25) is 0 Å². The number of hydrogen-bond acceptors (Lipinski definition) is 6. The predicted octanol–water partition coefficient (Wildman–Crippen LogP) is 2.40. The van der Waals surface area contributed by atoms with Crippen LogP contribution >= 0.6 is 0 Å². The molecule has 1 fully saturated rings. The van der Waals surface area contributed by atoms with E-state index in [1.54, 1.807) is 6.20 Å². The van der Waals surface area contributed by atoms with Crippen LogP contribution in [-0.4, -0.2) is 30.7 Å². The summed E-state index contributed by atoms with van der Waals surface area (Å²) >= 11 is 0. The van der Waals surface area contributed by atoms with Gasteiger partial charge >= 0.3 is 0 Å². The van der Waals surface area contributed by atoms with Gasteiger partial charge in [0.2, 0.25) is 5.95 Å². The van der Waals surface area contributed by atoms with Gasteiger partial charge in [-0.25, -0.2) is 9.97 Å². The van der Waals surface area contributed by atoms with Crippen LogP contribution in [0.3, 0.4) is 0 Å². The Balaban J connectivity index is 1.54. The second kappa shape index (κ2) is 6.76. The Morgan fingerprint density at radius 2 is 2.08 bits per heavy atom. The van der Waals surface area contributed by atoms with E-state index in [1.807, 2.05) is 31.3 Å². The molecular weight excluding hydrogens is 328 g/mol.